The van der Waals surface area contributed by atoms with Crippen molar-refractivity contribution in [3.05, 3.63) is 35.4 Å². The van der Waals surface area contributed by atoms with E-state index in [1.165, 1.54) is 0 Å². The van der Waals surface area contributed by atoms with Crippen LogP contribution in [0, 0.1) is 5.92 Å². The van der Waals surface area contributed by atoms with E-state index >= 15 is 0 Å². The van der Waals surface area contributed by atoms with Gasteiger partial charge in [0.05, 0.1) is 32.4 Å². The van der Waals surface area contributed by atoms with E-state index < -0.39 is 0 Å². The van der Waals surface area contributed by atoms with Crippen molar-refractivity contribution in [2.24, 2.45) is 10.9 Å². The van der Waals surface area contributed by atoms with Crippen molar-refractivity contribution in [3.8, 4) is 0 Å². The van der Waals surface area contributed by atoms with Gasteiger partial charge in [-0.1, -0.05) is 24.3 Å². The molecule has 1 amide bonds. The van der Waals surface area contributed by atoms with Gasteiger partial charge in [-0.2, -0.15) is 0 Å². The van der Waals surface area contributed by atoms with Gasteiger partial charge in [-0.25, -0.2) is 4.99 Å². The first-order chi connectivity index (χ1) is 15.1. The van der Waals surface area contributed by atoms with Gasteiger partial charge in [-0.15, -0.1) is 0 Å². The molecule has 0 spiro atoms. The van der Waals surface area contributed by atoms with Crippen LogP contribution >= 0.6 is 0 Å². The topological polar surface area (TPSA) is 84.4 Å². The van der Waals surface area contributed by atoms with Crippen LogP contribution in [0.4, 0.5) is 0 Å². The Kier molecular flexibility index (Phi) is 9.58. The summed E-state index contributed by atoms with van der Waals surface area (Å²) in [6, 6.07) is 8.35. The van der Waals surface area contributed by atoms with Gasteiger partial charge >= 0.3 is 0 Å². The molecule has 1 unspecified atom stereocenters. The summed E-state index contributed by atoms with van der Waals surface area (Å²) in [5.74, 6) is 1.13. The molecule has 8 heteroatoms. The number of aliphatic imine (C=N–C) groups is 1. The average molecular weight is 433 g/mol. The molecule has 31 heavy (non-hydrogen) atoms. The number of amides is 1. The third-order valence-electron chi connectivity index (χ3n) is 5.58. The van der Waals surface area contributed by atoms with Crippen molar-refractivity contribution in [2.45, 2.75) is 38.5 Å². The molecule has 2 heterocycles. The molecule has 2 N–H and O–H groups in total. The number of hydrogen-bond donors (Lipinski definition) is 2. The van der Waals surface area contributed by atoms with E-state index in [0.717, 1.165) is 63.4 Å². The molecule has 172 valence electrons. The molecule has 1 atom stereocenters. The maximum atomic E-state index is 11.9. The summed E-state index contributed by atoms with van der Waals surface area (Å²) in [6.45, 7) is 5.32. The Labute approximate surface area is 185 Å². The highest BCUT2D eigenvalue weighted by Crippen LogP contribution is 2.14. The van der Waals surface area contributed by atoms with Crippen LogP contribution in [0.25, 0.3) is 0 Å². The van der Waals surface area contributed by atoms with Crippen molar-refractivity contribution >= 4 is 11.9 Å². The molecule has 0 aromatic heterocycles. The Hall–Kier alpha value is -2.16. The fourth-order valence-electron chi connectivity index (χ4n) is 3.45. The highest BCUT2D eigenvalue weighted by Gasteiger charge is 2.16. The Bertz CT molecular complexity index is 696. The lowest BCUT2D eigenvalue weighted by molar-refractivity contribution is -0.127. The van der Waals surface area contributed by atoms with E-state index in [4.69, 9.17) is 14.2 Å². The molecular formula is C23H36N4O4. The monoisotopic (exact) mass is 432 g/mol. The molecule has 0 radical (unpaired) electrons. The number of benzene rings is 1. The second kappa shape index (κ2) is 12.6. The van der Waals surface area contributed by atoms with Crippen LogP contribution in [0.3, 0.4) is 0 Å². The van der Waals surface area contributed by atoms with Crippen molar-refractivity contribution in [1.29, 1.82) is 0 Å². The smallest absolute Gasteiger partial charge is 0.241 e. The second-order valence-electron chi connectivity index (χ2n) is 8.36. The molecule has 2 aliphatic rings. The first-order valence-corrected chi connectivity index (χ1v) is 11.2. The highest BCUT2D eigenvalue weighted by atomic mass is 16.5. The number of carbonyl (C=O) groups is 1. The lowest BCUT2D eigenvalue weighted by atomic mass is 10.1. The summed E-state index contributed by atoms with van der Waals surface area (Å²) in [5, 5.41) is 6.49. The van der Waals surface area contributed by atoms with Crippen molar-refractivity contribution in [2.75, 3.05) is 53.6 Å². The molecule has 2 fully saturated rings. The van der Waals surface area contributed by atoms with E-state index in [9.17, 15) is 4.79 Å². The van der Waals surface area contributed by atoms with Gasteiger partial charge in [-0.3, -0.25) is 4.79 Å². The Morgan fingerprint density at radius 3 is 2.45 bits per heavy atom. The molecular weight excluding hydrogens is 396 g/mol. The fourth-order valence-corrected chi connectivity index (χ4v) is 3.45. The third kappa shape index (κ3) is 8.47. The summed E-state index contributed by atoms with van der Waals surface area (Å²) >= 11 is 0. The average Bonchev–Trinajstić information content (AvgIpc) is 3.32. The largest absolute Gasteiger partial charge is 0.381 e. The minimum Gasteiger partial charge on any atom is -0.381 e. The summed E-state index contributed by atoms with van der Waals surface area (Å²) in [6.07, 6.45) is 3.29. The Balaban J connectivity index is 1.50. The SMILES string of the molecule is CN(C)C(=O)CNC(=NCc1ccc(COC2CCOCC2)cc1)NCC1CCOC1. The molecule has 3 rings (SSSR count). The van der Waals surface area contributed by atoms with E-state index in [0.29, 0.717) is 31.1 Å². The van der Waals surface area contributed by atoms with Crippen molar-refractivity contribution < 1.29 is 19.0 Å². The second-order valence-corrected chi connectivity index (χ2v) is 8.36. The molecule has 0 saturated carbocycles. The van der Waals surface area contributed by atoms with Gasteiger partial charge in [0.2, 0.25) is 5.91 Å². The number of rotatable bonds is 9. The quantitative estimate of drug-likeness (QED) is 0.455. The lowest BCUT2D eigenvalue weighted by Gasteiger charge is -2.22. The summed E-state index contributed by atoms with van der Waals surface area (Å²) in [4.78, 5) is 18.2. The number of hydrogen-bond acceptors (Lipinski definition) is 5. The highest BCUT2D eigenvalue weighted by molar-refractivity contribution is 5.86. The fraction of sp³-hybridized carbons (Fsp3) is 0.652. The molecule has 2 aliphatic heterocycles. The molecule has 0 bridgehead atoms. The van der Waals surface area contributed by atoms with Crippen molar-refractivity contribution in [1.82, 2.24) is 15.5 Å². The summed E-state index contributed by atoms with van der Waals surface area (Å²) in [5.41, 5.74) is 2.27. The van der Waals surface area contributed by atoms with Crippen LogP contribution in [0.2, 0.25) is 0 Å². The minimum atomic E-state index is 0.00702. The zero-order valence-corrected chi connectivity index (χ0v) is 18.8. The van der Waals surface area contributed by atoms with Crippen LogP contribution in [-0.2, 0) is 32.2 Å². The number of likely N-dealkylation sites (N-methyl/N-ethyl adjacent to an activating group) is 1. The van der Waals surface area contributed by atoms with E-state index in [2.05, 4.69) is 39.9 Å². The van der Waals surface area contributed by atoms with Gasteiger partial charge < -0.3 is 29.7 Å². The first-order valence-electron chi connectivity index (χ1n) is 11.2. The van der Waals surface area contributed by atoms with E-state index in [-0.39, 0.29) is 12.5 Å². The standard InChI is InChI=1S/C23H36N4O4/c1-27(2)22(28)15-26-23(25-14-20-7-10-30-16-20)24-13-18-3-5-19(6-4-18)17-31-21-8-11-29-12-9-21/h3-6,20-21H,7-17H2,1-2H3,(H2,24,25,26). The number of carbonyl (C=O) groups excluding carboxylic acids is 1. The molecule has 1 aromatic carbocycles. The van der Waals surface area contributed by atoms with Crippen LogP contribution < -0.4 is 10.6 Å². The Morgan fingerprint density at radius 1 is 1.06 bits per heavy atom. The molecule has 8 nitrogen and oxygen atoms in total. The normalized spacial score (nSPS) is 19.9. The molecule has 2 saturated heterocycles. The van der Waals surface area contributed by atoms with E-state index in [1.54, 1.807) is 19.0 Å². The van der Waals surface area contributed by atoms with Gasteiger partial charge in [0, 0.05) is 46.4 Å². The third-order valence-corrected chi connectivity index (χ3v) is 5.58. The van der Waals surface area contributed by atoms with Crippen LogP contribution in [-0.4, -0.2) is 76.5 Å². The lowest BCUT2D eigenvalue weighted by Crippen LogP contribution is -2.44. The van der Waals surface area contributed by atoms with Gasteiger partial charge in [0.25, 0.3) is 0 Å². The molecule has 1 aromatic rings. The van der Waals surface area contributed by atoms with Crippen LogP contribution in [0.5, 0.6) is 0 Å². The van der Waals surface area contributed by atoms with Gasteiger partial charge in [-0.05, 0) is 30.4 Å². The maximum Gasteiger partial charge on any atom is 0.241 e. The number of guanidine groups is 1. The van der Waals surface area contributed by atoms with Crippen molar-refractivity contribution in [3.63, 3.8) is 0 Å². The number of nitrogens with one attached hydrogen (secondary N) is 2. The number of ether oxygens (including phenoxy) is 3. The summed E-state index contributed by atoms with van der Waals surface area (Å²) in [7, 11) is 3.49. The van der Waals surface area contributed by atoms with Gasteiger partial charge in [0.15, 0.2) is 5.96 Å². The van der Waals surface area contributed by atoms with E-state index in [1.807, 2.05) is 0 Å². The minimum absolute atomic E-state index is 0.00702. The maximum absolute atomic E-state index is 11.9. The van der Waals surface area contributed by atoms with Gasteiger partial charge in [0.1, 0.15) is 0 Å². The first kappa shape index (κ1) is 23.5. The van der Waals surface area contributed by atoms with Crippen LogP contribution in [0.15, 0.2) is 29.3 Å². The predicted octanol–water partition coefficient (Wildman–Crippen LogP) is 1.54. The zero-order chi connectivity index (χ0) is 21.9. The number of nitrogens with zero attached hydrogens (tertiary/aromatic N) is 2. The summed E-state index contributed by atoms with van der Waals surface area (Å²) < 4.78 is 16.8. The Morgan fingerprint density at radius 2 is 1.77 bits per heavy atom. The molecule has 0 aliphatic carbocycles. The predicted molar refractivity (Wildman–Crippen MR) is 120 cm³/mol. The zero-order valence-electron chi connectivity index (χ0n) is 18.8. The van der Waals surface area contributed by atoms with Crippen LogP contribution in [0.1, 0.15) is 30.4 Å².